The number of benzene rings is 3. The van der Waals surface area contributed by atoms with Gasteiger partial charge in [0.2, 0.25) is 0 Å². The number of rotatable bonds is 6. The number of hydrogen-bond donors (Lipinski definition) is 1. The van der Waals surface area contributed by atoms with Crippen LogP contribution in [-0.2, 0) is 6.61 Å². The summed E-state index contributed by atoms with van der Waals surface area (Å²) in [6.07, 6.45) is 1.56. The maximum absolute atomic E-state index is 12.1. The molecule has 0 saturated carbocycles. The maximum Gasteiger partial charge on any atom is 0.271 e. The SMILES string of the molecule is Cc1ccc(COc2ccc(C(=O)N/N=C\c3ccc(Cl)cc3)cc2)cc1. The van der Waals surface area contributed by atoms with Gasteiger partial charge in [-0.25, -0.2) is 5.43 Å². The second-order valence-electron chi connectivity index (χ2n) is 6.05. The normalized spacial score (nSPS) is 10.7. The summed E-state index contributed by atoms with van der Waals surface area (Å²) in [6, 6.07) is 22.3. The first kappa shape index (κ1) is 18.7. The van der Waals surface area contributed by atoms with Gasteiger partial charge in [-0.2, -0.15) is 5.10 Å². The van der Waals surface area contributed by atoms with Crippen molar-refractivity contribution in [3.05, 3.63) is 100 Å². The number of amides is 1. The largest absolute Gasteiger partial charge is 0.489 e. The molecule has 0 fully saturated rings. The van der Waals surface area contributed by atoms with Gasteiger partial charge in [0, 0.05) is 10.6 Å². The zero-order valence-electron chi connectivity index (χ0n) is 14.9. The van der Waals surface area contributed by atoms with E-state index in [0.717, 1.165) is 11.1 Å². The van der Waals surface area contributed by atoms with Crippen molar-refractivity contribution in [2.24, 2.45) is 5.10 Å². The molecule has 0 saturated heterocycles. The topological polar surface area (TPSA) is 50.7 Å². The third-order valence-corrected chi connectivity index (χ3v) is 4.14. The molecule has 0 aliphatic rings. The highest BCUT2D eigenvalue weighted by atomic mass is 35.5. The highest BCUT2D eigenvalue weighted by Crippen LogP contribution is 2.15. The number of nitrogens with zero attached hydrogens (tertiary/aromatic N) is 1. The summed E-state index contributed by atoms with van der Waals surface area (Å²) in [5.74, 6) is 0.419. The van der Waals surface area contributed by atoms with Gasteiger partial charge in [0.05, 0.1) is 6.21 Å². The average Bonchev–Trinajstić information content (AvgIpc) is 2.69. The minimum atomic E-state index is -0.287. The van der Waals surface area contributed by atoms with Gasteiger partial charge in [-0.3, -0.25) is 4.79 Å². The number of hydrazone groups is 1. The number of nitrogens with one attached hydrogen (secondary N) is 1. The minimum absolute atomic E-state index is 0.287. The van der Waals surface area contributed by atoms with E-state index in [4.69, 9.17) is 16.3 Å². The van der Waals surface area contributed by atoms with Crippen LogP contribution in [0.1, 0.15) is 27.0 Å². The quantitative estimate of drug-likeness (QED) is 0.485. The van der Waals surface area contributed by atoms with E-state index in [2.05, 4.69) is 22.7 Å². The van der Waals surface area contributed by atoms with E-state index >= 15 is 0 Å². The van der Waals surface area contributed by atoms with Crippen molar-refractivity contribution in [2.45, 2.75) is 13.5 Å². The Morgan fingerprint density at radius 3 is 2.33 bits per heavy atom. The third-order valence-electron chi connectivity index (χ3n) is 3.89. The molecule has 3 aromatic carbocycles. The Morgan fingerprint density at radius 1 is 1.00 bits per heavy atom. The molecule has 0 bridgehead atoms. The molecule has 1 N–H and O–H groups in total. The molecule has 0 aliphatic carbocycles. The molecule has 4 nitrogen and oxygen atoms in total. The summed E-state index contributed by atoms with van der Waals surface area (Å²) in [7, 11) is 0. The van der Waals surface area contributed by atoms with Crippen LogP contribution < -0.4 is 10.2 Å². The fraction of sp³-hybridized carbons (Fsp3) is 0.0909. The van der Waals surface area contributed by atoms with Crippen LogP contribution in [-0.4, -0.2) is 12.1 Å². The van der Waals surface area contributed by atoms with Gasteiger partial charge in [-0.05, 0) is 54.4 Å². The molecule has 1 amide bonds. The standard InChI is InChI=1S/C22H19ClN2O2/c1-16-2-4-18(5-3-16)15-27-21-12-8-19(9-13-21)22(26)25-24-14-17-6-10-20(23)11-7-17/h2-14H,15H2,1H3,(H,25,26)/b24-14-. The molecule has 27 heavy (non-hydrogen) atoms. The lowest BCUT2D eigenvalue weighted by Gasteiger charge is -2.07. The van der Waals surface area contributed by atoms with E-state index in [1.54, 1.807) is 42.6 Å². The summed E-state index contributed by atoms with van der Waals surface area (Å²) in [5, 5.41) is 4.61. The first-order valence-electron chi connectivity index (χ1n) is 8.47. The zero-order chi connectivity index (χ0) is 19.1. The molecule has 0 unspecified atom stereocenters. The van der Waals surface area contributed by atoms with Crippen molar-refractivity contribution in [1.82, 2.24) is 5.43 Å². The molecule has 136 valence electrons. The van der Waals surface area contributed by atoms with Crippen LogP contribution in [0.4, 0.5) is 0 Å². The average molecular weight is 379 g/mol. The van der Waals surface area contributed by atoms with Crippen molar-refractivity contribution in [3.63, 3.8) is 0 Å². The first-order chi connectivity index (χ1) is 13.1. The van der Waals surface area contributed by atoms with Crippen molar-refractivity contribution >= 4 is 23.7 Å². The van der Waals surface area contributed by atoms with Gasteiger partial charge in [0.25, 0.3) is 5.91 Å². The lowest BCUT2D eigenvalue weighted by Crippen LogP contribution is -2.17. The smallest absolute Gasteiger partial charge is 0.271 e. The highest BCUT2D eigenvalue weighted by molar-refractivity contribution is 6.30. The lowest BCUT2D eigenvalue weighted by molar-refractivity contribution is 0.0955. The van der Waals surface area contributed by atoms with E-state index in [1.165, 1.54) is 5.56 Å². The molecule has 5 heteroatoms. The van der Waals surface area contributed by atoms with Crippen molar-refractivity contribution in [3.8, 4) is 5.75 Å². The molecular formula is C22H19ClN2O2. The van der Waals surface area contributed by atoms with E-state index < -0.39 is 0 Å². The van der Waals surface area contributed by atoms with Crippen LogP contribution in [0.2, 0.25) is 5.02 Å². The Hall–Kier alpha value is -3.11. The highest BCUT2D eigenvalue weighted by Gasteiger charge is 2.04. The van der Waals surface area contributed by atoms with Gasteiger partial charge in [0.15, 0.2) is 0 Å². The van der Waals surface area contributed by atoms with Gasteiger partial charge >= 0.3 is 0 Å². The van der Waals surface area contributed by atoms with Gasteiger partial charge in [-0.1, -0.05) is 53.6 Å². The molecule has 0 aliphatic heterocycles. The molecule has 3 aromatic rings. The van der Waals surface area contributed by atoms with Gasteiger partial charge < -0.3 is 4.74 Å². The van der Waals surface area contributed by atoms with E-state index in [9.17, 15) is 4.79 Å². The summed E-state index contributed by atoms with van der Waals surface area (Å²) in [4.78, 5) is 12.1. The molecule has 0 spiro atoms. The number of ether oxygens (including phenoxy) is 1. The van der Waals surface area contributed by atoms with Crippen molar-refractivity contribution < 1.29 is 9.53 Å². The van der Waals surface area contributed by atoms with E-state index in [0.29, 0.717) is 22.9 Å². The van der Waals surface area contributed by atoms with Gasteiger partial charge in [0.1, 0.15) is 12.4 Å². The lowest BCUT2D eigenvalue weighted by atomic mass is 10.2. The molecule has 0 heterocycles. The van der Waals surface area contributed by atoms with Gasteiger partial charge in [-0.15, -0.1) is 0 Å². The molecule has 0 aromatic heterocycles. The molecule has 0 radical (unpaired) electrons. The second-order valence-corrected chi connectivity index (χ2v) is 6.49. The predicted octanol–water partition coefficient (Wildman–Crippen LogP) is 4.99. The third kappa shape index (κ3) is 5.69. The van der Waals surface area contributed by atoms with Crippen LogP contribution in [0.3, 0.4) is 0 Å². The van der Waals surface area contributed by atoms with Crippen LogP contribution in [0.15, 0.2) is 77.9 Å². The maximum atomic E-state index is 12.1. The first-order valence-corrected chi connectivity index (χ1v) is 8.85. The molecule has 0 atom stereocenters. The number of halogens is 1. The zero-order valence-corrected chi connectivity index (χ0v) is 15.6. The van der Waals surface area contributed by atoms with Crippen molar-refractivity contribution in [1.29, 1.82) is 0 Å². The monoisotopic (exact) mass is 378 g/mol. The number of aryl methyl sites for hydroxylation is 1. The fourth-order valence-corrected chi connectivity index (χ4v) is 2.46. The second kappa shape index (κ2) is 9.01. The van der Waals surface area contributed by atoms with Crippen LogP contribution >= 0.6 is 11.6 Å². The summed E-state index contributed by atoms with van der Waals surface area (Å²) >= 11 is 5.83. The number of hydrogen-bond acceptors (Lipinski definition) is 3. The van der Waals surface area contributed by atoms with Crippen LogP contribution in [0.25, 0.3) is 0 Å². The Bertz CT molecular complexity index is 918. The fourth-order valence-electron chi connectivity index (χ4n) is 2.33. The number of carbonyl (C=O) groups excluding carboxylic acids is 1. The van der Waals surface area contributed by atoms with Crippen LogP contribution in [0.5, 0.6) is 5.75 Å². The predicted molar refractivity (Wildman–Crippen MR) is 108 cm³/mol. The Kier molecular flexibility index (Phi) is 6.23. The molecular weight excluding hydrogens is 360 g/mol. The summed E-state index contributed by atoms with van der Waals surface area (Å²) in [5.41, 5.74) is 6.17. The number of carbonyl (C=O) groups is 1. The van der Waals surface area contributed by atoms with E-state index in [-0.39, 0.29) is 5.91 Å². The molecule has 3 rings (SSSR count). The Labute approximate surface area is 163 Å². The summed E-state index contributed by atoms with van der Waals surface area (Å²) < 4.78 is 5.74. The minimum Gasteiger partial charge on any atom is -0.489 e. The van der Waals surface area contributed by atoms with Crippen LogP contribution in [0, 0.1) is 6.92 Å². The Morgan fingerprint density at radius 2 is 1.67 bits per heavy atom. The van der Waals surface area contributed by atoms with Crippen molar-refractivity contribution in [2.75, 3.05) is 0 Å². The summed E-state index contributed by atoms with van der Waals surface area (Å²) in [6.45, 7) is 2.53. The Balaban J connectivity index is 1.52. The van der Waals surface area contributed by atoms with E-state index in [1.807, 2.05) is 31.2 Å².